The van der Waals surface area contributed by atoms with Crippen LogP contribution < -0.4 is 10.0 Å². The number of hydrogen-bond donors (Lipinski definition) is 2. The van der Waals surface area contributed by atoms with Gasteiger partial charge in [-0.3, -0.25) is 4.79 Å². The fourth-order valence-electron chi connectivity index (χ4n) is 2.53. The van der Waals surface area contributed by atoms with E-state index in [1.807, 2.05) is 0 Å². The van der Waals surface area contributed by atoms with Gasteiger partial charge in [0.25, 0.3) is 0 Å². The normalized spacial score (nSPS) is 20.9. The quantitative estimate of drug-likeness (QED) is 0.748. The van der Waals surface area contributed by atoms with E-state index in [4.69, 9.17) is 0 Å². The van der Waals surface area contributed by atoms with Gasteiger partial charge in [-0.15, -0.1) is 0 Å². The highest BCUT2D eigenvalue weighted by Gasteiger charge is 2.43. The summed E-state index contributed by atoms with van der Waals surface area (Å²) in [5.41, 5.74) is 2.51. The summed E-state index contributed by atoms with van der Waals surface area (Å²) in [6.45, 7) is 4.87. The SMILES string of the molecule is CC(C)c1ccc([C@@H]2C[C@@H]2C(=O)NCCNS(C)(=O)=O)cc1. The Bertz CT molecular complexity index is 623. The summed E-state index contributed by atoms with van der Waals surface area (Å²) in [6, 6.07) is 8.48. The second-order valence-corrected chi connectivity index (χ2v) is 8.06. The number of nitrogens with one attached hydrogen (secondary N) is 2. The van der Waals surface area contributed by atoms with Gasteiger partial charge in [-0.2, -0.15) is 0 Å². The molecule has 0 aromatic heterocycles. The number of sulfonamides is 1. The van der Waals surface area contributed by atoms with Gasteiger partial charge in [0.1, 0.15) is 0 Å². The first-order chi connectivity index (χ1) is 10.3. The molecule has 0 bridgehead atoms. The van der Waals surface area contributed by atoms with Crippen molar-refractivity contribution in [2.75, 3.05) is 19.3 Å². The highest BCUT2D eigenvalue weighted by Crippen LogP contribution is 2.47. The first kappa shape index (κ1) is 17.0. The van der Waals surface area contributed by atoms with Crippen LogP contribution in [0.1, 0.15) is 43.2 Å². The summed E-state index contributed by atoms with van der Waals surface area (Å²) >= 11 is 0. The summed E-state index contributed by atoms with van der Waals surface area (Å²) in [6.07, 6.45) is 1.97. The van der Waals surface area contributed by atoms with Gasteiger partial charge in [-0.1, -0.05) is 38.1 Å². The Morgan fingerprint density at radius 2 is 1.86 bits per heavy atom. The number of amides is 1. The molecule has 22 heavy (non-hydrogen) atoms. The van der Waals surface area contributed by atoms with Crippen LogP contribution in [0.3, 0.4) is 0 Å². The molecule has 0 saturated heterocycles. The largest absolute Gasteiger partial charge is 0.355 e. The van der Waals surface area contributed by atoms with Crippen LogP contribution in [0.2, 0.25) is 0 Å². The fourth-order valence-corrected chi connectivity index (χ4v) is 3.01. The van der Waals surface area contributed by atoms with Crippen LogP contribution in [0.15, 0.2) is 24.3 Å². The van der Waals surface area contributed by atoms with Crippen molar-refractivity contribution < 1.29 is 13.2 Å². The van der Waals surface area contributed by atoms with Gasteiger partial charge >= 0.3 is 0 Å². The lowest BCUT2D eigenvalue weighted by Gasteiger charge is -2.07. The minimum absolute atomic E-state index is 0.00763. The van der Waals surface area contributed by atoms with Crippen LogP contribution >= 0.6 is 0 Å². The second-order valence-electron chi connectivity index (χ2n) is 6.23. The molecule has 2 atom stereocenters. The lowest BCUT2D eigenvalue weighted by Crippen LogP contribution is -2.35. The number of carbonyl (C=O) groups excluding carboxylic acids is 1. The molecule has 0 aliphatic heterocycles. The van der Waals surface area contributed by atoms with Gasteiger partial charge in [-0.25, -0.2) is 13.1 Å². The fraction of sp³-hybridized carbons (Fsp3) is 0.562. The molecule has 0 heterocycles. The molecule has 5 nitrogen and oxygen atoms in total. The molecule has 122 valence electrons. The van der Waals surface area contributed by atoms with Gasteiger partial charge in [0.05, 0.1) is 6.26 Å². The average molecular weight is 324 g/mol. The first-order valence-electron chi connectivity index (χ1n) is 7.60. The molecule has 2 N–H and O–H groups in total. The smallest absolute Gasteiger partial charge is 0.223 e. The maximum Gasteiger partial charge on any atom is 0.223 e. The van der Waals surface area contributed by atoms with Gasteiger partial charge in [0, 0.05) is 19.0 Å². The van der Waals surface area contributed by atoms with Crippen LogP contribution in [-0.2, 0) is 14.8 Å². The molecule has 1 aromatic rings. The molecule has 1 aromatic carbocycles. The van der Waals surface area contributed by atoms with Crippen molar-refractivity contribution in [2.24, 2.45) is 5.92 Å². The number of benzene rings is 1. The van der Waals surface area contributed by atoms with E-state index in [-0.39, 0.29) is 18.4 Å². The summed E-state index contributed by atoms with van der Waals surface area (Å²) in [5, 5.41) is 2.78. The molecule has 1 aliphatic rings. The Kier molecular flexibility index (Phi) is 5.24. The van der Waals surface area contributed by atoms with E-state index in [1.165, 1.54) is 11.1 Å². The van der Waals surface area contributed by atoms with E-state index in [2.05, 4.69) is 48.2 Å². The zero-order valence-corrected chi connectivity index (χ0v) is 14.1. The molecule has 2 rings (SSSR count). The highest BCUT2D eigenvalue weighted by atomic mass is 32.2. The number of hydrogen-bond acceptors (Lipinski definition) is 3. The molecule has 0 spiro atoms. The monoisotopic (exact) mass is 324 g/mol. The summed E-state index contributed by atoms with van der Waals surface area (Å²) in [4.78, 5) is 12.0. The summed E-state index contributed by atoms with van der Waals surface area (Å²) < 4.78 is 24.2. The lowest BCUT2D eigenvalue weighted by molar-refractivity contribution is -0.122. The topological polar surface area (TPSA) is 75.3 Å². The van der Waals surface area contributed by atoms with Gasteiger partial charge < -0.3 is 5.32 Å². The molecule has 1 aliphatic carbocycles. The molecule has 0 unspecified atom stereocenters. The Morgan fingerprint density at radius 1 is 1.23 bits per heavy atom. The lowest BCUT2D eigenvalue weighted by atomic mass is 10.00. The van der Waals surface area contributed by atoms with E-state index < -0.39 is 10.0 Å². The second kappa shape index (κ2) is 6.79. The molecule has 1 saturated carbocycles. The molecule has 0 radical (unpaired) electrons. The Labute approximate surface area is 132 Å². The van der Waals surface area contributed by atoms with Gasteiger partial charge in [0.2, 0.25) is 15.9 Å². The number of carbonyl (C=O) groups is 1. The predicted molar refractivity (Wildman–Crippen MR) is 87.2 cm³/mol. The van der Waals surface area contributed by atoms with Crippen molar-refractivity contribution in [3.05, 3.63) is 35.4 Å². The standard InChI is InChI=1S/C16H24N2O3S/c1-11(2)12-4-6-13(7-5-12)14-10-15(14)16(19)17-8-9-18-22(3,20)21/h4-7,11,14-15,18H,8-10H2,1-3H3,(H,17,19)/t14-,15-/m0/s1. The van der Waals surface area contributed by atoms with E-state index in [9.17, 15) is 13.2 Å². The van der Waals surface area contributed by atoms with Crippen molar-refractivity contribution >= 4 is 15.9 Å². The zero-order valence-electron chi connectivity index (χ0n) is 13.3. The van der Waals surface area contributed by atoms with Crippen molar-refractivity contribution in [2.45, 2.75) is 32.1 Å². The van der Waals surface area contributed by atoms with E-state index >= 15 is 0 Å². The third kappa shape index (κ3) is 4.81. The Morgan fingerprint density at radius 3 is 2.41 bits per heavy atom. The van der Waals surface area contributed by atoms with E-state index in [0.717, 1.165) is 12.7 Å². The van der Waals surface area contributed by atoms with Gasteiger partial charge in [0.15, 0.2) is 0 Å². The third-order valence-corrected chi connectivity index (χ3v) is 4.68. The highest BCUT2D eigenvalue weighted by molar-refractivity contribution is 7.88. The van der Waals surface area contributed by atoms with E-state index in [0.29, 0.717) is 18.4 Å². The van der Waals surface area contributed by atoms with Crippen molar-refractivity contribution in [3.8, 4) is 0 Å². The van der Waals surface area contributed by atoms with Crippen molar-refractivity contribution in [3.63, 3.8) is 0 Å². The Balaban J connectivity index is 1.78. The average Bonchev–Trinajstić information content (AvgIpc) is 3.23. The van der Waals surface area contributed by atoms with Crippen LogP contribution in [0.4, 0.5) is 0 Å². The molecular formula is C16H24N2O3S. The molecule has 6 heteroatoms. The van der Waals surface area contributed by atoms with Crippen LogP contribution in [0, 0.1) is 5.92 Å². The minimum Gasteiger partial charge on any atom is -0.355 e. The molecule has 1 fully saturated rings. The Hall–Kier alpha value is -1.40. The first-order valence-corrected chi connectivity index (χ1v) is 9.49. The third-order valence-electron chi connectivity index (χ3n) is 3.95. The van der Waals surface area contributed by atoms with Crippen LogP contribution in [0.5, 0.6) is 0 Å². The predicted octanol–water partition coefficient (Wildman–Crippen LogP) is 1.58. The van der Waals surface area contributed by atoms with E-state index in [1.54, 1.807) is 0 Å². The van der Waals surface area contributed by atoms with Crippen LogP contribution in [-0.4, -0.2) is 33.7 Å². The summed E-state index contributed by atoms with van der Waals surface area (Å²) in [7, 11) is -3.19. The van der Waals surface area contributed by atoms with Crippen LogP contribution in [0.25, 0.3) is 0 Å². The van der Waals surface area contributed by atoms with Crippen molar-refractivity contribution in [1.29, 1.82) is 0 Å². The number of rotatable bonds is 7. The molecular weight excluding hydrogens is 300 g/mol. The maximum absolute atomic E-state index is 12.0. The zero-order chi connectivity index (χ0) is 16.3. The minimum atomic E-state index is -3.19. The summed E-state index contributed by atoms with van der Waals surface area (Å²) in [5.74, 6) is 0.829. The maximum atomic E-state index is 12.0. The van der Waals surface area contributed by atoms with Gasteiger partial charge in [-0.05, 0) is 29.4 Å². The molecule has 1 amide bonds. The van der Waals surface area contributed by atoms with Crippen molar-refractivity contribution in [1.82, 2.24) is 10.0 Å².